The first kappa shape index (κ1) is 13.8. The van der Waals surface area contributed by atoms with Gasteiger partial charge in [0.1, 0.15) is 22.6 Å². The summed E-state index contributed by atoms with van der Waals surface area (Å²) in [4.78, 5) is 4.60. The number of hydrogen-bond acceptors (Lipinski definition) is 3. The Morgan fingerprint density at radius 1 is 1.41 bits per heavy atom. The van der Waals surface area contributed by atoms with Crippen LogP contribution in [0.15, 0.2) is 35.4 Å². The summed E-state index contributed by atoms with van der Waals surface area (Å²) in [5.41, 5.74) is 2.57. The van der Waals surface area contributed by atoms with Gasteiger partial charge in [0.05, 0.1) is 4.90 Å². The molecule has 114 valence electrons. The van der Waals surface area contributed by atoms with Crippen LogP contribution in [0, 0.1) is 5.82 Å². The van der Waals surface area contributed by atoms with Gasteiger partial charge in [-0.3, -0.25) is 0 Å². The van der Waals surface area contributed by atoms with E-state index in [0.29, 0.717) is 5.56 Å². The van der Waals surface area contributed by atoms with Gasteiger partial charge in [0.15, 0.2) is 0 Å². The minimum Gasteiger partial charge on any atom is -0.369 e. The van der Waals surface area contributed by atoms with Gasteiger partial charge in [-0.05, 0) is 32.0 Å². The highest BCUT2D eigenvalue weighted by Crippen LogP contribution is 2.54. The number of benzene rings is 1. The number of rotatable bonds is 3. The van der Waals surface area contributed by atoms with Crippen molar-refractivity contribution >= 4 is 16.8 Å². The lowest BCUT2D eigenvalue weighted by atomic mass is 9.97. The molecule has 1 spiro atoms. The van der Waals surface area contributed by atoms with Gasteiger partial charge in [0.25, 0.3) is 0 Å². The van der Waals surface area contributed by atoms with Crippen LogP contribution in [0.4, 0.5) is 10.2 Å². The van der Waals surface area contributed by atoms with Gasteiger partial charge in [0, 0.05) is 34.8 Å². The number of anilines is 1. The number of hydrogen-bond donors (Lipinski definition) is 2. The molecule has 6 heteroatoms. The number of pyridine rings is 1. The van der Waals surface area contributed by atoms with Crippen LogP contribution in [0.2, 0.25) is 0 Å². The zero-order valence-corrected chi connectivity index (χ0v) is 13.0. The fraction of sp³-hybridized carbons (Fsp3) is 0.312. The van der Waals surface area contributed by atoms with Crippen LogP contribution < -0.4 is 10.0 Å². The summed E-state index contributed by atoms with van der Waals surface area (Å²) in [6.07, 6.45) is 3.99. The first-order valence-electron chi connectivity index (χ1n) is 7.27. The van der Waals surface area contributed by atoms with E-state index in [4.69, 9.17) is 0 Å². The fourth-order valence-corrected chi connectivity index (χ4v) is 3.78. The summed E-state index contributed by atoms with van der Waals surface area (Å²) >= 11 is 0. The van der Waals surface area contributed by atoms with Crippen molar-refractivity contribution in [1.29, 1.82) is 0 Å². The van der Waals surface area contributed by atoms with Crippen LogP contribution in [-0.4, -0.2) is 22.8 Å². The molecule has 1 aromatic carbocycles. The van der Waals surface area contributed by atoms with Crippen molar-refractivity contribution in [3.63, 3.8) is 0 Å². The van der Waals surface area contributed by atoms with E-state index in [9.17, 15) is 8.60 Å². The zero-order chi connectivity index (χ0) is 15.3. The standard InChI is InChI=1S/C16H16FN3OS/c1-18-22(21)13-4-2-3-11(14(13)17)10-7-12-15(19-8-10)20-9-16(12)5-6-16/h2-4,7-8,18H,5-6,9H2,1H3,(H,19,20). The molecular weight excluding hydrogens is 301 g/mol. The van der Waals surface area contributed by atoms with Crippen LogP contribution in [0.25, 0.3) is 11.1 Å². The molecule has 4 rings (SSSR count). The van der Waals surface area contributed by atoms with E-state index in [2.05, 4.69) is 15.0 Å². The van der Waals surface area contributed by atoms with Crippen LogP contribution in [0.5, 0.6) is 0 Å². The molecule has 1 unspecified atom stereocenters. The Kier molecular flexibility index (Phi) is 3.06. The quantitative estimate of drug-likeness (QED) is 0.915. The minimum absolute atomic E-state index is 0.166. The SMILES string of the molecule is CNS(=O)c1cccc(-c2cnc3c(c2)C2(CC2)CN3)c1F. The molecule has 2 aromatic rings. The Morgan fingerprint density at radius 2 is 2.23 bits per heavy atom. The van der Waals surface area contributed by atoms with E-state index in [0.717, 1.165) is 30.8 Å². The molecule has 0 amide bonds. The van der Waals surface area contributed by atoms with Gasteiger partial charge in [-0.2, -0.15) is 0 Å². The van der Waals surface area contributed by atoms with Gasteiger partial charge in [-0.15, -0.1) is 0 Å². The Labute approximate surface area is 130 Å². The molecule has 22 heavy (non-hydrogen) atoms. The number of fused-ring (bicyclic) bond motifs is 2. The molecule has 2 heterocycles. The second kappa shape index (κ2) is 4.86. The molecule has 4 nitrogen and oxygen atoms in total. The van der Waals surface area contributed by atoms with Crippen molar-refractivity contribution in [1.82, 2.24) is 9.71 Å². The van der Waals surface area contributed by atoms with E-state index >= 15 is 0 Å². The summed E-state index contributed by atoms with van der Waals surface area (Å²) < 4.78 is 29.1. The van der Waals surface area contributed by atoms with Crippen molar-refractivity contribution in [2.75, 3.05) is 18.9 Å². The van der Waals surface area contributed by atoms with Gasteiger partial charge >= 0.3 is 0 Å². The Balaban J connectivity index is 1.82. The van der Waals surface area contributed by atoms with Crippen molar-refractivity contribution < 1.29 is 8.60 Å². The van der Waals surface area contributed by atoms with E-state index in [-0.39, 0.29) is 10.3 Å². The molecule has 1 aliphatic carbocycles. The third-order valence-corrected chi connectivity index (χ3v) is 5.65. The second-order valence-corrected chi connectivity index (χ2v) is 7.23. The minimum atomic E-state index is -1.55. The topological polar surface area (TPSA) is 54.0 Å². The van der Waals surface area contributed by atoms with Gasteiger partial charge in [0.2, 0.25) is 0 Å². The Morgan fingerprint density at radius 3 is 2.95 bits per heavy atom. The molecule has 1 aliphatic heterocycles. The first-order valence-corrected chi connectivity index (χ1v) is 8.42. The number of nitrogens with zero attached hydrogens (tertiary/aromatic N) is 1. The molecule has 0 saturated heterocycles. The van der Waals surface area contributed by atoms with Crippen LogP contribution in [0.1, 0.15) is 18.4 Å². The summed E-state index contributed by atoms with van der Waals surface area (Å²) in [5, 5.41) is 3.32. The van der Waals surface area contributed by atoms with E-state index in [1.807, 2.05) is 6.07 Å². The molecular formula is C16H16FN3OS. The molecule has 0 radical (unpaired) electrons. The maximum Gasteiger partial charge on any atom is 0.148 e. The summed E-state index contributed by atoms with van der Waals surface area (Å²) in [6, 6.07) is 6.99. The number of halogens is 1. The predicted octanol–water partition coefficient (Wildman–Crippen LogP) is 2.59. The molecule has 0 bridgehead atoms. The highest BCUT2D eigenvalue weighted by molar-refractivity contribution is 7.83. The third kappa shape index (κ3) is 1.98. The average Bonchev–Trinajstić information content (AvgIpc) is 3.24. The smallest absolute Gasteiger partial charge is 0.148 e. The predicted molar refractivity (Wildman–Crippen MR) is 84.5 cm³/mol. The highest BCUT2D eigenvalue weighted by atomic mass is 32.2. The second-order valence-electron chi connectivity index (χ2n) is 5.84. The lowest BCUT2D eigenvalue weighted by Gasteiger charge is -2.10. The largest absolute Gasteiger partial charge is 0.369 e. The van der Waals surface area contributed by atoms with Crippen molar-refractivity contribution in [3.8, 4) is 11.1 Å². The maximum absolute atomic E-state index is 14.7. The van der Waals surface area contributed by atoms with E-state index in [1.54, 1.807) is 25.4 Å². The third-order valence-electron chi connectivity index (χ3n) is 4.57. The average molecular weight is 317 g/mol. The zero-order valence-electron chi connectivity index (χ0n) is 12.1. The summed E-state index contributed by atoms with van der Waals surface area (Å²) in [5.74, 6) is 0.462. The Hall–Kier alpha value is -1.79. The van der Waals surface area contributed by atoms with E-state index < -0.39 is 16.8 Å². The molecule has 1 aromatic heterocycles. The molecule has 1 saturated carbocycles. The first-order chi connectivity index (χ1) is 10.6. The van der Waals surface area contributed by atoms with Gasteiger partial charge in [-0.25, -0.2) is 18.3 Å². The lowest BCUT2D eigenvalue weighted by Crippen LogP contribution is -2.12. The van der Waals surface area contributed by atoms with Crippen molar-refractivity contribution in [2.45, 2.75) is 23.2 Å². The molecule has 1 fully saturated rings. The van der Waals surface area contributed by atoms with Gasteiger partial charge < -0.3 is 5.32 Å². The van der Waals surface area contributed by atoms with Crippen molar-refractivity contribution in [2.24, 2.45) is 0 Å². The van der Waals surface area contributed by atoms with E-state index in [1.165, 1.54) is 11.6 Å². The molecule has 1 atom stereocenters. The maximum atomic E-state index is 14.7. The van der Waals surface area contributed by atoms with Crippen LogP contribution in [-0.2, 0) is 16.4 Å². The monoisotopic (exact) mass is 317 g/mol. The molecule has 2 aliphatic rings. The normalized spacial score (nSPS) is 18.8. The van der Waals surface area contributed by atoms with Crippen LogP contribution >= 0.6 is 0 Å². The van der Waals surface area contributed by atoms with Crippen LogP contribution in [0.3, 0.4) is 0 Å². The number of aromatic nitrogens is 1. The summed E-state index contributed by atoms with van der Waals surface area (Å²) in [7, 11) is -0.00254. The lowest BCUT2D eigenvalue weighted by molar-refractivity contribution is 0.597. The molecule has 2 N–H and O–H groups in total. The Bertz CT molecular complexity index is 789. The van der Waals surface area contributed by atoms with Gasteiger partial charge in [-0.1, -0.05) is 12.1 Å². The van der Waals surface area contributed by atoms with Crippen molar-refractivity contribution in [3.05, 3.63) is 41.8 Å². The fourth-order valence-electron chi connectivity index (χ4n) is 3.09. The number of nitrogens with one attached hydrogen (secondary N) is 2. The summed E-state index contributed by atoms with van der Waals surface area (Å²) in [6.45, 7) is 0.922. The highest BCUT2D eigenvalue weighted by Gasteiger charge is 2.49.